The SMILES string of the molecule is O=C(C1=CCCC1)c1cncc(F)c1. The highest BCUT2D eigenvalue weighted by molar-refractivity contribution is 6.08. The highest BCUT2D eigenvalue weighted by Crippen LogP contribution is 2.21. The van der Waals surface area contributed by atoms with Crippen LogP contribution in [0.1, 0.15) is 29.6 Å². The summed E-state index contributed by atoms with van der Waals surface area (Å²) in [6.07, 6.45) is 7.20. The normalized spacial score (nSPS) is 15.4. The second-order valence-electron chi connectivity index (χ2n) is 3.34. The number of carbonyl (C=O) groups excluding carboxylic acids is 1. The average molecular weight is 191 g/mol. The molecule has 0 saturated heterocycles. The Balaban J connectivity index is 2.27. The maximum Gasteiger partial charge on any atom is 0.190 e. The van der Waals surface area contributed by atoms with Crippen LogP contribution in [-0.4, -0.2) is 10.8 Å². The first-order chi connectivity index (χ1) is 6.77. The Morgan fingerprint density at radius 2 is 2.29 bits per heavy atom. The molecule has 14 heavy (non-hydrogen) atoms. The van der Waals surface area contributed by atoms with Crippen LogP contribution in [0.15, 0.2) is 30.1 Å². The van der Waals surface area contributed by atoms with Crippen LogP contribution >= 0.6 is 0 Å². The first kappa shape index (κ1) is 9.06. The van der Waals surface area contributed by atoms with Crippen LogP contribution in [0.25, 0.3) is 0 Å². The zero-order valence-electron chi connectivity index (χ0n) is 7.66. The van der Waals surface area contributed by atoms with Crippen LogP contribution in [0.3, 0.4) is 0 Å². The van der Waals surface area contributed by atoms with Gasteiger partial charge in [-0.2, -0.15) is 0 Å². The Morgan fingerprint density at radius 1 is 1.43 bits per heavy atom. The number of nitrogens with zero attached hydrogens (tertiary/aromatic N) is 1. The smallest absolute Gasteiger partial charge is 0.190 e. The highest BCUT2D eigenvalue weighted by atomic mass is 19.1. The second kappa shape index (κ2) is 3.70. The summed E-state index contributed by atoms with van der Waals surface area (Å²) in [7, 11) is 0. The molecule has 0 saturated carbocycles. The van der Waals surface area contributed by atoms with E-state index in [1.165, 1.54) is 12.3 Å². The van der Waals surface area contributed by atoms with Gasteiger partial charge in [-0.25, -0.2) is 4.39 Å². The fourth-order valence-electron chi connectivity index (χ4n) is 1.60. The monoisotopic (exact) mass is 191 g/mol. The minimum atomic E-state index is -0.463. The van der Waals surface area contributed by atoms with E-state index in [4.69, 9.17) is 0 Å². The van der Waals surface area contributed by atoms with Crippen LogP contribution in [0.2, 0.25) is 0 Å². The van der Waals surface area contributed by atoms with Crippen molar-refractivity contribution >= 4 is 5.78 Å². The highest BCUT2D eigenvalue weighted by Gasteiger charge is 2.15. The molecule has 0 unspecified atom stereocenters. The van der Waals surface area contributed by atoms with Crippen LogP contribution in [0, 0.1) is 5.82 Å². The molecule has 1 aromatic heterocycles. The molecule has 1 aliphatic rings. The Kier molecular flexibility index (Phi) is 2.39. The van der Waals surface area contributed by atoms with Crippen molar-refractivity contribution in [2.45, 2.75) is 19.3 Å². The molecule has 0 amide bonds. The molecular weight excluding hydrogens is 181 g/mol. The molecule has 1 heterocycles. The summed E-state index contributed by atoms with van der Waals surface area (Å²) in [6.45, 7) is 0. The predicted molar refractivity (Wildman–Crippen MR) is 50.5 cm³/mol. The first-order valence-electron chi connectivity index (χ1n) is 4.61. The van der Waals surface area contributed by atoms with Gasteiger partial charge in [-0.15, -0.1) is 0 Å². The zero-order valence-corrected chi connectivity index (χ0v) is 7.66. The third kappa shape index (κ3) is 1.71. The van der Waals surface area contributed by atoms with Crippen LogP contribution in [0.5, 0.6) is 0 Å². The van der Waals surface area contributed by atoms with E-state index in [0.717, 1.165) is 31.0 Å². The van der Waals surface area contributed by atoms with E-state index in [2.05, 4.69) is 4.98 Å². The van der Waals surface area contributed by atoms with Crippen molar-refractivity contribution in [1.29, 1.82) is 0 Å². The number of ketones is 1. The molecule has 0 bridgehead atoms. The van der Waals surface area contributed by atoms with Gasteiger partial charge in [0.1, 0.15) is 5.82 Å². The molecule has 2 rings (SSSR count). The standard InChI is InChI=1S/C11H10FNO/c12-10-5-9(6-13-7-10)11(14)8-3-1-2-4-8/h3,5-7H,1-2,4H2. The molecule has 72 valence electrons. The maximum absolute atomic E-state index is 12.8. The van der Waals surface area contributed by atoms with Gasteiger partial charge in [-0.1, -0.05) is 6.08 Å². The summed E-state index contributed by atoms with van der Waals surface area (Å²) in [5.41, 5.74) is 1.13. The lowest BCUT2D eigenvalue weighted by Gasteiger charge is -2.00. The summed E-state index contributed by atoms with van der Waals surface area (Å²) in [6, 6.07) is 1.23. The molecule has 1 aliphatic carbocycles. The van der Waals surface area contributed by atoms with E-state index in [0.29, 0.717) is 5.56 Å². The average Bonchev–Trinajstić information content (AvgIpc) is 2.69. The van der Waals surface area contributed by atoms with Gasteiger partial charge in [-0.05, 0) is 30.9 Å². The largest absolute Gasteiger partial charge is 0.289 e. The van der Waals surface area contributed by atoms with Gasteiger partial charge in [0.05, 0.1) is 6.20 Å². The minimum Gasteiger partial charge on any atom is -0.289 e. The second-order valence-corrected chi connectivity index (χ2v) is 3.34. The van der Waals surface area contributed by atoms with Crippen LogP contribution in [0.4, 0.5) is 4.39 Å². The molecular formula is C11H10FNO. The number of halogens is 1. The van der Waals surface area contributed by atoms with E-state index in [1.807, 2.05) is 6.08 Å². The molecule has 2 nitrogen and oxygen atoms in total. The van der Waals surface area contributed by atoms with Crippen molar-refractivity contribution in [3.63, 3.8) is 0 Å². The van der Waals surface area contributed by atoms with Gasteiger partial charge < -0.3 is 0 Å². The lowest BCUT2D eigenvalue weighted by molar-refractivity contribution is 0.103. The van der Waals surface area contributed by atoms with Gasteiger partial charge in [-0.3, -0.25) is 9.78 Å². The topological polar surface area (TPSA) is 30.0 Å². The van der Waals surface area contributed by atoms with Crippen molar-refractivity contribution in [2.24, 2.45) is 0 Å². The van der Waals surface area contributed by atoms with E-state index in [9.17, 15) is 9.18 Å². The van der Waals surface area contributed by atoms with E-state index < -0.39 is 5.82 Å². The lowest BCUT2D eigenvalue weighted by Crippen LogP contribution is -2.02. The number of rotatable bonds is 2. The van der Waals surface area contributed by atoms with Crippen molar-refractivity contribution < 1.29 is 9.18 Å². The number of Topliss-reactive ketones (excluding diaryl/α,β-unsaturated/α-hetero) is 1. The molecule has 0 atom stereocenters. The first-order valence-corrected chi connectivity index (χ1v) is 4.61. The summed E-state index contributed by atoms with van der Waals surface area (Å²) in [5.74, 6) is -0.552. The predicted octanol–water partition coefficient (Wildman–Crippen LogP) is 2.51. The molecule has 1 aromatic rings. The number of pyridine rings is 1. The van der Waals surface area contributed by atoms with Crippen molar-refractivity contribution in [1.82, 2.24) is 4.98 Å². The summed E-state index contributed by atoms with van der Waals surface area (Å²) in [4.78, 5) is 15.4. The Bertz CT molecular complexity index is 398. The fraction of sp³-hybridized carbons (Fsp3) is 0.273. The number of aromatic nitrogens is 1. The molecule has 0 N–H and O–H groups in total. The minimum absolute atomic E-state index is 0.0884. The van der Waals surface area contributed by atoms with Gasteiger partial charge >= 0.3 is 0 Å². The third-order valence-electron chi connectivity index (χ3n) is 2.30. The lowest BCUT2D eigenvalue weighted by atomic mass is 10.1. The van der Waals surface area contributed by atoms with Gasteiger partial charge in [0.2, 0.25) is 0 Å². The fourth-order valence-corrected chi connectivity index (χ4v) is 1.60. The Labute approximate surface area is 81.5 Å². The molecule has 0 fully saturated rings. The molecule has 0 aromatic carbocycles. The molecule has 3 heteroatoms. The number of carbonyl (C=O) groups is 1. The van der Waals surface area contributed by atoms with Crippen LogP contribution in [-0.2, 0) is 0 Å². The quantitative estimate of drug-likeness (QED) is 0.672. The van der Waals surface area contributed by atoms with E-state index in [1.54, 1.807) is 0 Å². The Hall–Kier alpha value is -1.51. The zero-order chi connectivity index (χ0) is 9.97. The van der Waals surface area contributed by atoms with Crippen molar-refractivity contribution in [2.75, 3.05) is 0 Å². The van der Waals surface area contributed by atoms with E-state index >= 15 is 0 Å². The summed E-state index contributed by atoms with van der Waals surface area (Å²) < 4.78 is 12.8. The summed E-state index contributed by atoms with van der Waals surface area (Å²) in [5, 5.41) is 0. The molecule has 0 aliphatic heterocycles. The van der Waals surface area contributed by atoms with Gasteiger partial charge in [0, 0.05) is 11.8 Å². The van der Waals surface area contributed by atoms with Crippen molar-refractivity contribution in [3.8, 4) is 0 Å². The molecule has 0 spiro atoms. The van der Waals surface area contributed by atoms with Crippen molar-refractivity contribution in [3.05, 3.63) is 41.5 Å². The third-order valence-corrected chi connectivity index (χ3v) is 2.30. The molecule has 0 radical (unpaired) electrons. The number of hydrogen-bond donors (Lipinski definition) is 0. The number of allylic oxidation sites excluding steroid dienone is 2. The van der Waals surface area contributed by atoms with Gasteiger partial charge in [0.15, 0.2) is 5.78 Å². The maximum atomic E-state index is 12.8. The van der Waals surface area contributed by atoms with Crippen LogP contribution < -0.4 is 0 Å². The Morgan fingerprint density at radius 3 is 2.93 bits per heavy atom. The van der Waals surface area contributed by atoms with Gasteiger partial charge in [0.25, 0.3) is 0 Å². The summed E-state index contributed by atoms with van der Waals surface area (Å²) >= 11 is 0. The number of hydrogen-bond acceptors (Lipinski definition) is 2. The van der Waals surface area contributed by atoms with E-state index in [-0.39, 0.29) is 5.78 Å².